The average molecular weight is 519 g/mol. The predicted molar refractivity (Wildman–Crippen MR) is 161 cm³/mol. The fourth-order valence-electron chi connectivity index (χ4n) is 4.82. The van der Waals surface area contributed by atoms with Gasteiger partial charge in [-0.1, -0.05) is 117 Å². The molecule has 0 amide bonds. The molecule has 0 saturated carbocycles. The van der Waals surface area contributed by atoms with Crippen molar-refractivity contribution < 1.29 is 4.79 Å². The first-order valence-electron chi connectivity index (χ1n) is 13.6. The quantitative estimate of drug-likeness (QED) is 0.123. The molecular weight excluding hydrogens is 476 g/mol. The lowest BCUT2D eigenvalue weighted by atomic mass is 9.84. The minimum absolute atomic E-state index is 0.227. The first-order chi connectivity index (χ1) is 17.8. The minimum atomic E-state index is -0.227. The van der Waals surface area contributed by atoms with Crippen LogP contribution in [0.2, 0.25) is 0 Å². The number of unbranched alkanes of at least 4 members (excludes halogenated alkanes) is 6. The molecule has 1 nitrogen and oxygen atoms in total. The fourth-order valence-corrected chi connectivity index (χ4v) is 6.87. The Balaban J connectivity index is 1.52. The van der Waals surface area contributed by atoms with Crippen LogP contribution in [0.4, 0.5) is 0 Å². The van der Waals surface area contributed by atoms with E-state index >= 15 is 0 Å². The van der Waals surface area contributed by atoms with Gasteiger partial charge in [0.1, 0.15) is 5.78 Å². The van der Waals surface area contributed by atoms with Crippen LogP contribution in [0, 0.1) is 0 Å². The average Bonchev–Trinajstić information content (AvgIpc) is 2.94. The molecule has 3 rings (SSSR count). The highest BCUT2D eigenvalue weighted by Crippen LogP contribution is 2.48. The Hall–Kier alpha value is -1.97. The SMILES string of the molecule is CSCCCCCCC(=O)CCCCCCSC(c1ccccc1)(c1ccccc1)c1ccccc1. The van der Waals surface area contributed by atoms with Crippen LogP contribution in [0.1, 0.15) is 80.9 Å². The Morgan fingerprint density at radius 3 is 1.36 bits per heavy atom. The molecule has 0 aliphatic rings. The van der Waals surface area contributed by atoms with Gasteiger partial charge < -0.3 is 0 Å². The highest BCUT2D eigenvalue weighted by molar-refractivity contribution is 8.00. The maximum atomic E-state index is 12.2. The maximum absolute atomic E-state index is 12.2. The van der Waals surface area contributed by atoms with Crippen molar-refractivity contribution in [3.8, 4) is 0 Å². The second kappa shape index (κ2) is 16.7. The van der Waals surface area contributed by atoms with Crippen LogP contribution in [0.3, 0.4) is 0 Å². The smallest absolute Gasteiger partial charge is 0.132 e. The largest absolute Gasteiger partial charge is 0.300 e. The molecule has 36 heavy (non-hydrogen) atoms. The zero-order valence-electron chi connectivity index (χ0n) is 21.9. The van der Waals surface area contributed by atoms with Gasteiger partial charge in [-0.05, 0) is 60.1 Å². The molecule has 192 valence electrons. The summed E-state index contributed by atoms with van der Waals surface area (Å²) < 4.78 is -0.227. The van der Waals surface area contributed by atoms with Gasteiger partial charge in [0.05, 0.1) is 4.75 Å². The van der Waals surface area contributed by atoms with E-state index in [4.69, 9.17) is 0 Å². The number of thioether (sulfide) groups is 2. The van der Waals surface area contributed by atoms with Gasteiger partial charge in [-0.3, -0.25) is 4.79 Å². The molecule has 3 heteroatoms. The zero-order valence-corrected chi connectivity index (χ0v) is 23.5. The Bertz CT molecular complexity index is 876. The van der Waals surface area contributed by atoms with Gasteiger partial charge in [0.25, 0.3) is 0 Å². The Morgan fingerprint density at radius 1 is 0.556 bits per heavy atom. The lowest BCUT2D eigenvalue weighted by Crippen LogP contribution is -2.26. The van der Waals surface area contributed by atoms with Crippen LogP contribution in [-0.4, -0.2) is 23.5 Å². The van der Waals surface area contributed by atoms with Crippen LogP contribution in [0.25, 0.3) is 0 Å². The third kappa shape index (κ3) is 8.85. The maximum Gasteiger partial charge on any atom is 0.132 e. The molecule has 0 N–H and O–H groups in total. The van der Waals surface area contributed by atoms with Crippen LogP contribution in [0.15, 0.2) is 91.0 Å². The van der Waals surface area contributed by atoms with E-state index in [1.807, 2.05) is 23.5 Å². The van der Waals surface area contributed by atoms with Crippen LogP contribution < -0.4 is 0 Å². The molecule has 0 unspecified atom stereocenters. The molecular formula is C33H42OS2. The molecule has 3 aromatic rings. The summed E-state index contributed by atoms with van der Waals surface area (Å²) in [6.07, 6.45) is 13.1. The van der Waals surface area contributed by atoms with Gasteiger partial charge >= 0.3 is 0 Å². The number of rotatable bonds is 18. The van der Waals surface area contributed by atoms with Gasteiger partial charge in [-0.15, -0.1) is 11.8 Å². The summed E-state index contributed by atoms with van der Waals surface area (Å²) >= 11 is 3.96. The molecule has 0 bridgehead atoms. The first-order valence-corrected chi connectivity index (χ1v) is 16.0. The van der Waals surface area contributed by atoms with Crippen molar-refractivity contribution in [3.63, 3.8) is 0 Å². The number of Topliss-reactive ketones (excluding diaryl/α,β-unsaturated/α-hetero) is 1. The summed E-state index contributed by atoms with van der Waals surface area (Å²) in [6, 6.07) is 32.8. The molecule has 0 radical (unpaired) electrons. The molecule has 0 aliphatic heterocycles. The van der Waals surface area contributed by atoms with Crippen molar-refractivity contribution in [1.82, 2.24) is 0 Å². The summed E-state index contributed by atoms with van der Waals surface area (Å²) in [6.45, 7) is 0. The summed E-state index contributed by atoms with van der Waals surface area (Å²) in [4.78, 5) is 12.2. The Kier molecular flexibility index (Phi) is 13.3. The van der Waals surface area contributed by atoms with Gasteiger partial charge in [-0.25, -0.2) is 0 Å². The molecule has 0 heterocycles. The van der Waals surface area contributed by atoms with Crippen LogP contribution >= 0.6 is 23.5 Å². The topological polar surface area (TPSA) is 17.1 Å². The van der Waals surface area contributed by atoms with Crippen LogP contribution in [-0.2, 0) is 9.54 Å². The van der Waals surface area contributed by atoms with Crippen LogP contribution in [0.5, 0.6) is 0 Å². The fraction of sp³-hybridized carbons (Fsp3) is 0.424. The van der Waals surface area contributed by atoms with Gasteiger partial charge in [-0.2, -0.15) is 11.8 Å². The van der Waals surface area contributed by atoms with E-state index in [0.29, 0.717) is 5.78 Å². The molecule has 0 atom stereocenters. The summed E-state index contributed by atoms with van der Waals surface area (Å²) in [7, 11) is 0. The Morgan fingerprint density at radius 2 is 0.944 bits per heavy atom. The predicted octanol–water partition coefficient (Wildman–Crippen LogP) is 9.54. The van der Waals surface area contributed by atoms with Crippen molar-refractivity contribution in [3.05, 3.63) is 108 Å². The molecule has 0 saturated heterocycles. The van der Waals surface area contributed by atoms with E-state index in [1.54, 1.807) is 0 Å². The number of carbonyl (C=O) groups is 1. The van der Waals surface area contributed by atoms with E-state index in [1.165, 1.54) is 54.5 Å². The second-order valence-corrected chi connectivity index (χ2v) is 11.8. The highest BCUT2D eigenvalue weighted by atomic mass is 32.2. The third-order valence-corrected chi connectivity index (χ3v) is 9.09. The summed E-state index contributed by atoms with van der Waals surface area (Å²) in [5.41, 5.74) is 3.98. The number of benzene rings is 3. The normalized spacial score (nSPS) is 11.5. The van der Waals surface area contributed by atoms with E-state index in [0.717, 1.165) is 37.9 Å². The molecule has 0 spiro atoms. The minimum Gasteiger partial charge on any atom is -0.300 e. The van der Waals surface area contributed by atoms with E-state index in [9.17, 15) is 4.79 Å². The van der Waals surface area contributed by atoms with Gasteiger partial charge in [0.15, 0.2) is 0 Å². The monoisotopic (exact) mass is 518 g/mol. The van der Waals surface area contributed by atoms with Crippen molar-refractivity contribution in [2.24, 2.45) is 0 Å². The molecule has 0 aromatic heterocycles. The van der Waals surface area contributed by atoms with Crippen molar-refractivity contribution in [2.75, 3.05) is 17.8 Å². The summed E-state index contributed by atoms with van der Waals surface area (Å²) in [5, 5.41) is 0. The summed E-state index contributed by atoms with van der Waals surface area (Å²) in [5.74, 6) is 2.79. The third-order valence-electron chi connectivity index (χ3n) is 6.76. The van der Waals surface area contributed by atoms with E-state index in [-0.39, 0.29) is 4.75 Å². The van der Waals surface area contributed by atoms with Gasteiger partial charge in [0, 0.05) is 12.8 Å². The zero-order chi connectivity index (χ0) is 25.3. The second-order valence-electron chi connectivity index (χ2n) is 9.49. The van der Waals surface area contributed by atoms with Crippen molar-refractivity contribution in [1.29, 1.82) is 0 Å². The first kappa shape index (κ1) is 28.6. The number of hydrogen-bond acceptors (Lipinski definition) is 3. The Labute approximate surface area is 227 Å². The van der Waals surface area contributed by atoms with E-state index < -0.39 is 0 Å². The highest BCUT2D eigenvalue weighted by Gasteiger charge is 2.36. The lowest BCUT2D eigenvalue weighted by Gasteiger charge is -2.35. The standard InChI is InChI=1S/C33H42OS2/c1-35-27-17-4-2-15-25-32(34)26-16-3-5-18-28-36-33(29-19-9-6-10-20-29,30-21-11-7-12-22-30)31-23-13-8-14-24-31/h6-14,19-24H,2-5,15-18,25-28H2,1H3. The van der Waals surface area contributed by atoms with Gasteiger partial charge in [0.2, 0.25) is 0 Å². The molecule has 0 fully saturated rings. The van der Waals surface area contributed by atoms with Crippen molar-refractivity contribution in [2.45, 2.75) is 69.0 Å². The number of ketones is 1. The molecule has 0 aliphatic carbocycles. The number of carbonyl (C=O) groups excluding carboxylic acids is 1. The van der Waals surface area contributed by atoms with Crippen molar-refractivity contribution >= 4 is 29.3 Å². The lowest BCUT2D eigenvalue weighted by molar-refractivity contribution is -0.119. The molecule has 3 aromatic carbocycles. The number of hydrogen-bond donors (Lipinski definition) is 0. The van der Waals surface area contributed by atoms with E-state index in [2.05, 4.69) is 97.3 Å².